The Balaban J connectivity index is 1.74. The molecule has 0 aromatic heterocycles. The maximum absolute atomic E-state index is 5.63. The van der Waals surface area contributed by atoms with Crippen LogP contribution in [0.25, 0.3) is 0 Å². The van der Waals surface area contributed by atoms with E-state index in [0.717, 1.165) is 58.3 Å². The van der Waals surface area contributed by atoms with Gasteiger partial charge in [0.2, 0.25) is 0 Å². The maximum atomic E-state index is 5.63. The summed E-state index contributed by atoms with van der Waals surface area (Å²) in [6.07, 6.45) is 4.19. The van der Waals surface area contributed by atoms with Crippen LogP contribution in [0.5, 0.6) is 0 Å². The smallest absolute Gasteiger partial charge is 0.0593 e. The largest absolute Gasteiger partial charge is 0.380 e. The molecule has 0 spiro atoms. The van der Waals surface area contributed by atoms with Gasteiger partial charge < -0.3 is 19.7 Å². The summed E-state index contributed by atoms with van der Waals surface area (Å²) in [6.45, 7) is 11.1. The van der Waals surface area contributed by atoms with Gasteiger partial charge in [-0.25, -0.2) is 0 Å². The minimum absolute atomic E-state index is 0.349. The van der Waals surface area contributed by atoms with Gasteiger partial charge in [-0.05, 0) is 52.6 Å². The molecule has 0 unspecified atom stereocenters. The molecule has 0 bridgehead atoms. The topological polar surface area (TPSA) is 33.7 Å². The quantitative estimate of drug-likeness (QED) is 0.518. The Bertz CT molecular complexity index is 208. The molecule has 1 rings (SSSR count). The lowest BCUT2D eigenvalue weighted by atomic mass is 10.4. The van der Waals surface area contributed by atoms with Crippen molar-refractivity contribution in [2.45, 2.75) is 39.2 Å². The Morgan fingerprint density at radius 3 is 2.63 bits per heavy atom. The average Bonchev–Trinajstić information content (AvgIpc) is 3.17. The number of ether oxygens (including phenoxy) is 2. The molecule has 0 aromatic rings. The molecule has 4 heteroatoms. The van der Waals surface area contributed by atoms with Crippen LogP contribution < -0.4 is 5.32 Å². The summed E-state index contributed by atoms with van der Waals surface area (Å²) >= 11 is 0. The van der Waals surface area contributed by atoms with Crippen LogP contribution in [0.1, 0.15) is 33.1 Å². The van der Waals surface area contributed by atoms with Crippen LogP contribution in [0.3, 0.4) is 0 Å². The van der Waals surface area contributed by atoms with Gasteiger partial charge >= 0.3 is 0 Å². The normalized spacial score (nSPS) is 15.6. The summed E-state index contributed by atoms with van der Waals surface area (Å²) < 4.78 is 11.1. The van der Waals surface area contributed by atoms with E-state index in [-0.39, 0.29) is 0 Å². The van der Waals surface area contributed by atoms with Gasteiger partial charge in [0.1, 0.15) is 0 Å². The molecule has 0 aliphatic heterocycles. The molecular weight excluding hydrogens is 240 g/mol. The molecule has 19 heavy (non-hydrogen) atoms. The first-order valence-corrected chi connectivity index (χ1v) is 7.77. The van der Waals surface area contributed by atoms with E-state index in [0.29, 0.717) is 6.10 Å². The van der Waals surface area contributed by atoms with Crippen molar-refractivity contribution in [1.29, 1.82) is 0 Å². The van der Waals surface area contributed by atoms with E-state index in [4.69, 9.17) is 9.47 Å². The number of likely N-dealkylation sites (N-methyl/N-ethyl adjacent to an activating group) is 1. The first-order valence-electron chi connectivity index (χ1n) is 7.77. The number of rotatable bonds is 13. The van der Waals surface area contributed by atoms with E-state index in [9.17, 15) is 0 Å². The van der Waals surface area contributed by atoms with E-state index in [1.165, 1.54) is 12.8 Å². The van der Waals surface area contributed by atoms with Gasteiger partial charge in [0.15, 0.2) is 0 Å². The van der Waals surface area contributed by atoms with Crippen LogP contribution >= 0.6 is 0 Å². The van der Waals surface area contributed by atoms with Crippen molar-refractivity contribution in [2.24, 2.45) is 5.92 Å². The van der Waals surface area contributed by atoms with Crippen LogP contribution in [0.2, 0.25) is 0 Å². The maximum Gasteiger partial charge on any atom is 0.0593 e. The summed E-state index contributed by atoms with van der Waals surface area (Å²) in [4.78, 5) is 2.32. The van der Waals surface area contributed by atoms with Crippen LogP contribution in [-0.4, -0.2) is 64.1 Å². The minimum Gasteiger partial charge on any atom is -0.380 e. The lowest BCUT2D eigenvalue weighted by Gasteiger charge is -2.17. The fourth-order valence-electron chi connectivity index (χ4n) is 1.78. The molecule has 0 radical (unpaired) electrons. The van der Waals surface area contributed by atoms with E-state index >= 15 is 0 Å². The SMILES string of the molecule is CC(C)OCCCNCCN(C)CCOCC1CC1. The van der Waals surface area contributed by atoms with Crippen molar-refractivity contribution in [3.05, 3.63) is 0 Å². The first-order chi connectivity index (χ1) is 9.18. The molecular formula is C15H32N2O2. The predicted octanol–water partition coefficient (Wildman–Crippen LogP) is 1.75. The number of nitrogens with zero attached hydrogens (tertiary/aromatic N) is 1. The van der Waals surface area contributed by atoms with E-state index in [1.54, 1.807) is 0 Å². The first kappa shape index (κ1) is 16.9. The Kier molecular flexibility index (Phi) is 9.43. The second-order valence-electron chi connectivity index (χ2n) is 5.84. The van der Waals surface area contributed by atoms with Crippen molar-refractivity contribution < 1.29 is 9.47 Å². The monoisotopic (exact) mass is 272 g/mol. The zero-order valence-electron chi connectivity index (χ0n) is 13.0. The highest BCUT2D eigenvalue weighted by atomic mass is 16.5. The predicted molar refractivity (Wildman–Crippen MR) is 79.6 cm³/mol. The molecule has 1 aliphatic carbocycles. The fraction of sp³-hybridized carbons (Fsp3) is 1.00. The molecule has 1 N–H and O–H groups in total. The van der Waals surface area contributed by atoms with Crippen LogP contribution in [-0.2, 0) is 9.47 Å². The molecule has 0 amide bonds. The lowest BCUT2D eigenvalue weighted by molar-refractivity contribution is 0.0769. The molecule has 1 saturated carbocycles. The third-order valence-corrected chi connectivity index (χ3v) is 3.29. The van der Waals surface area contributed by atoms with Crippen LogP contribution in [0.4, 0.5) is 0 Å². The Hall–Kier alpha value is -0.160. The van der Waals surface area contributed by atoms with Crippen molar-refractivity contribution in [3.63, 3.8) is 0 Å². The van der Waals surface area contributed by atoms with E-state index in [2.05, 4.69) is 31.1 Å². The Morgan fingerprint density at radius 1 is 1.16 bits per heavy atom. The molecule has 114 valence electrons. The van der Waals surface area contributed by atoms with E-state index < -0.39 is 0 Å². The number of nitrogens with one attached hydrogen (secondary N) is 1. The summed E-state index contributed by atoms with van der Waals surface area (Å²) in [5.41, 5.74) is 0. The van der Waals surface area contributed by atoms with Gasteiger partial charge in [0, 0.05) is 32.8 Å². The van der Waals surface area contributed by atoms with Crippen LogP contribution in [0, 0.1) is 5.92 Å². The number of hydrogen-bond acceptors (Lipinski definition) is 4. The summed E-state index contributed by atoms with van der Waals surface area (Å²) in [6, 6.07) is 0. The zero-order valence-corrected chi connectivity index (χ0v) is 13.0. The highest BCUT2D eigenvalue weighted by molar-refractivity contribution is 4.72. The summed E-state index contributed by atoms with van der Waals surface area (Å²) in [5.74, 6) is 0.875. The van der Waals surface area contributed by atoms with Gasteiger partial charge in [-0.15, -0.1) is 0 Å². The molecule has 1 fully saturated rings. The van der Waals surface area contributed by atoms with Crippen molar-refractivity contribution in [1.82, 2.24) is 10.2 Å². The summed E-state index contributed by atoms with van der Waals surface area (Å²) in [7, 11) is 2.16. The minimum atomic E-state index is 0.349. The lowest BCUT2D eigenvalue weighted by Crippen LogP contribution is -2.32. The third kappa shape index (κ3) is 11.4. The molecule has 0 saturated heterocycles. The van der Waals surface area contributed by atoms with Crippen LogP contribution in [0.15, 0.2) is 0 Å². The standard InChI is InChI=1S/C15H32N2O2/c1-14(2)19-11-4-7-16-8-9-17(3)10-12-18-13-15-5-6-15/h14-16H,4-13H2,1-3H3. The van der Waals surface area contributed by atoms with Crippen molar-refractivity contribution in [2.75, 3.05) is 53.0 Å². The number of hydrogen-bond donors (Lipinski definition) is 1. The van der Waals surface area contributed by atoms with Gasteiger partial charge in [-0.3, -0.25) is 0 Å². The average molecular weight is 272 g/mol. The van der Waals surface area contributed by atoms with Gasteiger partial charge in [-0.1, -0.05) is 0 Å². The highest BCUT2D eigenvalue weighted by Crippen LogP contribution is 2.28. The highest BCUT2D eigenvalue weighted by Gasteiger charge is 2.20. The second kappa shape index (κ2) is 10.6. The fourth-order valence-corrected chi connectivity index (χ4v) is 1.78. The van der Waals surface area contributed by atoms with Gasteiger partial charge in [0.25, 0.3) is 0 Å². The molecule has 4 nitrogen and oxygen atoms in total. The molecule has 0 atom stereocenters. The Labute approximate surface area is 118 Å². The van der Waals surface area contributed by atoms with E-state index in [1.807, 2.05) is 0 Å². The third-order valence-electron chi connectivity index (χ3n) is 3.29. The molecule has 0 aromatic carbocycles. The molecule has 1 aliphatic rings. The zero-order chi connectivity index (χ0) is 13.9. The second-order valence-corrected chi connectivity index (χ2v) is 5.84. The van der Waals surface area contributed by atoms with Gasteiger partial charge in [0.05, 0.1) is 12.7 Å². The van der Waals surface area contributed by atoms with Gasteiger partial charge in [-0.2, -0.15) is 0 Å². The Morgan fingerprint density at radius 2 is 1.95 bits per heavy atom. The summed E-state index contributed by atoms with van der Waals surface area (Å²) in [5, 5.41) is 3.45. The van der Waals surface area contributed by atoms with Crippen molar-refractivity contribution >= 4 is 0 Å². The van der Waals surface area contributed by atoms with Crippen molar-refractivity contribution in [3.8, 4) is 0 Å². The molecule has 0 heterocycles.